The summed E-state index contributed by atoms with van der Waals surface area (Å²) in [6.07, 6.45) is 1.58. The summed E-state index contributed by atoms with van der Waals surface area (Å²) in [7, 11) is 1.52. The molecular formula is C24H27Cl2FN6O4. The minimum atomic E-state index is -1.19. The molecule has 5 rings (SSSR count). The van der Waals surface area contributed by atoms with Crippen LogP contribution in [0, 0.1) is 5.92 Å². The van der Waals surface area contributed by atoms with Gasteiger partial charge in [0.1, 0.15) is 11.7 Å². The van der Waals surface area contributed by atoms with Gasteiger partial charge in [0.05, 0.1) is 24.0 Å². The van der Waals surface area contributed by atoms with Crippen molar-refractivity contribution in [3.05, 3.63) is 42.2 Å². The van der Waals surface area contributed by atoms with Gasteiger partial charge in [-0.2, -0.15) is 0 Å². The van der Waals surface area contributed by atoms with E-state index in [2.05, 4.69) is 30.9 Å². The van der Waals surface area contributed by atoms with Gasteiger partial charge in [-0.1, -0.05) is 0 Å². The van der Waals surface area contributed by atoms with Crippen LogP contribution in [-0.4, -0.2) is 52.7 Å². The molecule has 3 aromatic rings. The number of ether oxygens (including phenoxy) is 2. The van der Waals surface area contributed by atoms with Gasteiger partial charge in [-0.05, 0) is 43.5 Å². The second-order valence-electron chi connectivity index (χ2n) is 8.57. The Morgan fingerprint density at radius 1 is 1.19 bits per heavy atom. The summed E-state index contributed by atoms with van der Waals surface area (Å²) in [6, 6.07) is 8.26. The summed E-state index contributed by atoms with van der Waals surface area (Å²) in [4.78, 5) is 37.4. The Bertz CT molecular complexity index is 1280. The van der Waals surface area contributed by atoms with Gasteiger partial charge in [-0.15, -0.1) is 24.8 Å². The minimum absolute atomic E-state index is 0. The molecule has 2 amide bonds. The number of alkyl halides is 1. The molecule has 3 aromatic heterocycles. The number of halogens is 3. The van der Waals surface area contributed by atoms with Crippen molar-refractivity contribution in [2.45, 2.75) is 38.0 Å². The fourth-order valence-corrected chi connectivity index (χ4v) is 4.38. The second kappa shape index (κ2) is 12.3. The molecule has 0 bridgehead atoms. The van der Waals surface area contributed by atoms with Crippen LogP contribution < -0.4 is 25.4 Å². The first-order valence-corrected chi connectivity index (χ1v) is 11.4. The molecule has 13 heteroatoms. The van der Waals surface area contributed by atoms with E-state index in [-0.39, 0.29) is 49.7 Å². The summed E-state index contributed by atoms with van der Waals surface area (Å²) in [5.41, 5.74) is 2.33. The van der Waals surface area contributed by atoms with E-state index in [1.165, 1.54) is 7.11 Å². The number of nitrogens with one attached hydrogen (secondary N) is 3. The lowest BCUT2D eigenvalue weighted by atomic mass is 9.84. The highest BCUT2D eigenvalue weighted by atomic mass is 35.5. The van der Waals surface area contributed by atoms with Crippen molar-refractivity contribution in [2.24, 2.45) is 5.92 Å². The maximum atomic E-state index is 15.0. The largest absolute Gasteiger partial charge is 0.481 e. The van der Waals surface area contributed by atoms with E-state index in [1.54, 1.807) is 36.5 Å². The zero-order valence-corrected chi connectivity index (χ0v) is 21.5. The number of amides is 2. The van der Waals surface area contributed by atoms with E-state index < -0.39 is 18.1 Å². The van der Waals surface area contributed by atoms with E-state index in [1.807, 2.05) is 0 Å². The van der Waals surface area contributed by atoms with Crippen LogP contribution in [0.15, 0.2) is 36.5 Å². The zero-order valence-electron chi connectivity index (χ0n) is 19.9. The van der Waals surface area contributed by atoms with E-state index in [4.69, 9.17) is 9.47 Å². The van der Waals surface area contributed by atoms with Crippen molar-refractivity contribution >= 4 is 59.2 Å². The van der Waals surface area contributed by atoms with Crippen molar-refractivity contribution in [3.8, 4) is 11.6 Å². The van der Waals surface area contributed by atoms with Gasteiger partial charge in [-0.3, -0.25) is 14.6 Å². The number of nitrogens with zero attached hydrogens (tertiary/aromatic N) is 3. The number of fused-ring (bicyclic) bond motifs is 2. The molecule has 0 radical (unpaired) electrons. The molecule has 2 aliphatic rings. The number of methoxy groups -OCH3 is 1. The molecule has 0 spiro atoms. The molecule has 3 N–H and O–H groups in total. The fourth-order valence-electron chi connectivity index (χ4n) is 4.38. The Morgan fingerprint density at radius 3 is 2.81 bits per heavy atom. The Morgan fingerprint density at radius 2 is 2.03 bits per heavy atom. The molecule has 1 saturated carbocycles. The zero-order chi connectivity index (χ0) is 24.4. The summed E-state index contributed by atoms with van der Waals surface area (Å²) in [6.45, 7) is 0.302. The van der Waals surface area contributed by atoms with Crippen molar-refractivity contribution < 1.29 is 23.5 Å². The molecule has 37 heavy (non-hydrogen) atoms. The number of hydrogen-bond acceptors (Lipinski definition) is 8. The van der Waals surface area contributed by atoms with Gasteiger partial charge in [0.25, 0.3) is 5.91 Å². The van der Waals surface area contributed by atoms with E-state index in [0.717, 1.165) is 0 Å². The Balaban J connectivity index is 0.00000190. The summed E-state index contributed by atoms with van der Waals surface area (Å²) >= 11 is 0. The number of carbonyl (C=O) groups excluding carboxylic acids is 2. The van der Waals surface area contributed by atoms with Gasteiger partial charge in [0.15, 0.2) is 18.2 Å². The number of rotatable bonds is 6. The van der Waals surface area contributed by atoms with Crippen LogP contribution in [-0.2, 0) is 16.1 Å². The van der Waals surface area contributed by atoms with E-state index >= 15 is 0 Å². The predicted octanol–water partition coefficient (Wildman–Crippen LogP) is 3.44. The summed E-state index contributed by atoms with van der Waals surface area (Å²) < 4.78 is 25.5. The maximum absolute atomic E-state index is 15.0. The quantitative estimate of drug-likeness (QED) is 0.424. The molecule has 0 saturated heterocycles. The number of anilines is 2. The van der Waals surface area contributed by atoms with E-state index in [9.17, 15) is 14.0 Å². The lowest BCUT2D eigenvalue weighted by Gasteiger charge is -2.31. The van der Waals surface area contributed by atoms with Crippen LogP contribution in [0.5, 0.6) is 11.6 Å². The van der Waals surface area contributed by atoms with Gasteiger partial charge in [0, 0.05) is 30.8 Å². The highest BCUT2D eigenvalue weighted by Crippen LogP contribution is 2.30. The molecule has 10 nitrogen and oxygen atoms in total. The highest BCUT2D eigenvalue weighted by molar-refractivity contribution is 6.00. The van der Waals surface area contributed by atoms with Gasteiger partial charge in [0.2, 0.25) is 11.8 Å². The van der Waals surface area contributed by atoms with Crippen molar-refractivity contribution in [3.63, 3.8) is 0 Å². The van der Waals surface area contributed by atoms with E-state index in [0.29, 0.717) is 59.2 Å². The number of hydrogen-bond donors (Lipinski definition) is 3. The lowest BCUT2D eigenvalue weighted by Crippen LogP contribution is -2.44. The molecule has 1 aliphatic heterocycles. The third-order valence-electron chi connectivity index (χ3n) is 6.25. The first-order chi connectivity index (χ1) is 17.0. The first kappa shape index (κ1) is 28.3. The summed E-state index contributed by atoms with van der Waals surface area (Å²) in [5.74, 6) is 0.346. The Hall–Kier alpha value is -3.28. The standard InChI is InChI=1S/C24H25FN6O4.2ClH/c1-34-21-7-5-17-22(31-21)18(8-9-26-17)29-24(33)13-2-4-16(15(25)10-13)27-11-14-3-6-19-23(28-14)30-20(32)12-35-19;;/h3,5-9,13,15-16,27H,2,4,10-12H2,1H3,(H,26,29,33)(H,28,30,32);2*1H/t13-,15+,16-;;/m1../s1. The van der Waals surface area contributed by atoms with Gasteiger partial charge in [-0.25, -0.2) is 14.4 Å². The third-order valence-corrected chi connectivity index (χ3v) is 6.25. The number of pyridine rings is 3. The van der Waals surface area contributed by atoms with Crippen LogP contribution in [0.3, 0.4) is 0 Å². The third kappa shape index (κ3) is 6.35. The predicted molar refractivity (Wildman–Crippen MR) is 140 cm³/mol. The SMILES string of the molecule is COc1ccc2nccc(NC(=O)[C@@H]3CC[C@@H](NCc4ccc5c(n4)NC(=O)CO5)[C@@H](F)C3)c2n1.Cl.Cl. The van der Waals surface area contributed by atoms with Crippen LogP contribution >= 0.6 is 24.8 Å². The number of carbonyl (C=O) groups is 2. The average Bonchev–Trinajstić information content (AvgIpc) is 2.87. The van der Waals surface area contributed by atoms with Crippen LogP contribution in [0.25, 0.3) is 11.0 Å². The van der Waals surface area contributed by atoms with Crippen molar-refractivity contribution in [2.75, 3.05) is 24.4 Å². The summed E-state index contributed by atoms with van der Waals surface area (Å²) in [5, 5.41) is 8.75. The molecule has 198 valence electrons. The molecule has 0 unspecified atom stereocenters. The first-order valence-electron chi connectivity index (χ1n) is 11.4. The Labute approximate surface area is 225 Å². The molecule has 3 atom stereocenters. The topological polar surface area (TPSA) is 127 Å². The van der Waals surface area contributed by atoms with Gasteiger partial charge < -0.3 is 25.4 Å². The molecule has 0 aromatic carbocycles. The van der Waals surface area contributed by atoms with Crippen LogP contribution in [0.1, 0.15) is 25.0 Å². The molecular weight excluding hydrogens is 526 g/mol. The molecule has 1 fully saturated rings. The average molecular weight is 553 g/mol. The number of aromatic nitrogens is 3. The Kier molecular flexibility index (Phi) is 9.41. The normalized spacial score (nSPS) is 20.4. The monoisotopic (exact) mass is 552 g/mol. The van der Waals surface area contributed by atoms with Crippen molar-refractivity contribution in [1.82, 2.24) is 20.3 Å². The van der Waals surface area contributed by atoms with Crippen LogP contribution in [0.4, 0.5) is 15.9 Å². The molecule has 4 heterocycles. The fraction of sp³-hybridized carbons (Fsp3) is 0.375. The lowest BCUT2D eigenvalue weighted by molar-refractivity contribution is -0.121. The second-order valence-corrected chi connectivity index (χ2v) is 8.57. The van der Waals surface area contributed by atoms with Gasteiger partial charge >= 0.3 is 0 Å². The maximum Gasteiger partial charge on any atom is 0.263 e. The molecule has 1 aliphatic carbocycles. The minimum Gasteiger partial charge on any atom is -0.481 e. The van der Waals surface area contributed by atoms with Crippen molar-refractivity contribution in [1.29, 1.82) is 0 Å². The van der Waals surface area contributed by atoms with Crippen LogP contribution in [0.2, 0.25) is 0 Å². The highest BCUT2D eigenvalue weighted by Gasteiger charge is 2.34. The smallest absolute Gasteiger partial charge is 0.263 e.